The van der Waals surface area contributed by atoms with E-state index in [1.807, 2.05) is 0 Å². The van der Waals surface area contributed by atoms with E-state index in [0.29, 0.717) is 19.0 Å². The summed E-state index contributed by atoms with van der Waals surface area (Å²) in [5.74, 6) is -2.23. The monoisotopic (exact) mass is 246 g/mol. The van der Waals surface area contributed by atoms with Crippen LogP contribution in [0.1, 0.15) is 44.9 Å². The van der Waals surface area contributed by atoms with Gasteiger partial charge in [0.1, 0.15) is 0 Å². The summed E-state index contributed by atoms with van der Waals surface area (Å²) in [6.07, 6.45) is 5.67. The summed E-state index contributed by atoms with van der Waals surface area (Å²) in [6.45, 7) is 2.55. The number of likely N-dealkylation sites (tertiary alicyclic amines) is 1. The highest BCUT2D eigenvalue weighted by Gasteiger charge is 2.40. The Morgan fingerprint density at radius 3 is 2.65 bits per heavy atom. The summed E-state index contributed by atoms with van der Waals surface area (Å²) >= 11 is 0. The number of nitrogens with two attached hydrogens (primary N) is 1. The summed E-state index contributed by atoms with van der Waals surface area (Å²) in [6, 6.07) is 0.423. The van der Waals surface area contributed by atoms with Crippen LogP contribution in [0, 0.1) is 5.92 Å². The lowest BCUT2D eigenvalue weighted by atomic mass is 10.0. The number of hydrogen-bond donors (Lipinski definition) is 1. The van der Waals surface area contributed by atoms with E-state index >= 15 is 0 Å². The third kappa shape index (κ3) is 3.62. The molecule has 2 nitrogen and oxygen atoms in total. The molecule has 4 heteroatoms. The van der Waals surface area contributed by atoms with Crippen molar-refractivity contribution >= 4 is 0 Å². The minimum atomic E-state index is -2.41. The number of alkyl halides is 2. The summed E-state index contributed by atoms with van der Waals surface area (Å²) in [5, 5.41) is 0. The Bertz CT molecular complexity index is 246. The minimum Gasteiger partial charge on any atom is -0.329 e. The van der Waals surface area contributed by atoms with E-state index in [0.717, 1.165) is 19.5 Å². The van der Waals surface area contributed by atoms with E-state index in [1.54, 1.807) is 0 Å². The van der Waals surface area contributed by atoms with Crippen molar-refractivity contribution in [3.63, 3.8) is 0 Å². The second-order valence-electron chi connectivity index (χ2n) is 5.70. The zero-order valence-corrected chi connectivity index (χ0v) is 10.5. The van der Waals surface area contributed by atoms with Crippen molar-refractivity contribution < 1.29 is 8.78 Å². The molecule has 2 rings (SSSR count). The topological polar surface area (TPSA) is 29.3 Å². The van der Waals surface area contributed by atoms with Crippen molar-refractivity contribution in [3.05, 3.63) is 0 Å². The lowest BCUT2D eigenvalue weighted by Gasteiger charge is -2.31. The molecule has 0 amide bonds. The fourth-order valence-corrected chi connectivity index (χ4v) is 3.27. The van der Waals surface area contributed by atoms with Gasteiger partial charge in [-0.05, 0) is 31.7 Å². The first-order valence-electron chi connectivity index (χ1n) is 6.93. The van der Waals surface area contributed by atoms with Crippen LogP contribution in [-0.2, 0) is 0 Å². The molecular formula is C13H24F2N2. The largest absolute Gasteiger partial charge is 0.329 e. The molecule has 17 heavy (non-hydrogen) atoms. The highest BCUT2D eigenvalue weighted by Crippen LogP contribution is 2.39. The van der Waals surface area contributed by atoms with Gasteiger partial charge in [0, 0.05) is 32.0 Å². The molecule has 1 heterocycles. The second kappa shape index (κ2) is 5.61. The van der Waals surface area contributed by atoms with Crippen LogP contribution in [0.2, 0.25) is 0 Å². The Balaban J connectivity index is 1.87. The summed E-state index contributed by atoms with van der Waals surface area (Å²) in [5.41, 5.74) is 5.80. The van der Waals surface area contributed by atoms with Crippen molar-refractivity contribution in [2.24, 2.45) is 11.7 Å². The van der Waals surface area contributed by atoms with Crippen LogP contribution in [0.3, 0.4) is 0 Å². The van der Waals surface area contributed by atoms with E-state index in [9.17, 15) is 8.78 Å². The quantitative estimate of drug-likeness (QED) is 0.829. The molecular weight excluding hydrogens is 222 g/mol. The maximum atomic E-state index is 13.2. The standard InChI is InChI=1S/C13H24F2N2/c14-13(15)6-5-11(8-13)10-17-7-3-1-2-4-12(17)9-16/h11-12H,1-10,16H2. The van der Waals surface area contributed by atoms with Gasteiger partial charge in [-0.25, -0.2) is 8.78 Å². The van der Waals surface area contributed by atoms with Crippen LogP contribution in [-0.4, -0.2) is 36.5 Å². The smallest absolute Gasteiger partial charge is 0.248 e. The van der Waals surface area contributed by atoms with Crippen molar-refractivity contribution in [1.29, 1.82) is 0 Å². The molecule has 2 N–H and O–H groups in total. The molecule has 1 saturated heterocycles. The van der Waals surface area contributed by atoms with Gasteiger partial charge in [0.25, 0.3) is 0 Å². The zero-order chi connectivity index (χ0) is 12.3. The zero-order valence-electron chi connectivity index (χ0n) is 10.5. The van der Waals surface area contributed by atoms with E-state index in [-0.39, 0.29) is 18.8 Å². The third-order valence-electron chi connectivity index (χ3n) is 4.27. The maximum absolute atomic E-state index is 13.2. The highest BCUT2D eigenvalue weighted by molar-refractivity contribution is 4.85. The van der Waals surface area contributed by atoms with E-state index < -0.39 is 5.92 Å². The molecule has 2 fully saturated rings. The van der Waals surface area contributed by atoms with Crippen molar-refractivity contribution in [3.8, 4) is 0 Å². The molecule has 2 unspecified atom stereocenters. The lowest BCUT2D eigenvalue weighted by molar-refractivity contribution is 0.00275. The van der Waals surface area contributed by atoms with Gasteiger partial charge >= 0.3 is 0 Å². The van der Waals surface area contributed by atoms with E-state index in [2.05, 4.69) is 4.90 Å². The van der Waals surface area contributed by atoms with Gasteiger partial charge < -0.3 is 5.73 Å². The van der Waals surface area contributed by atoms with Gasteiger partial charge in [-0.1, -0.05) is 12.8 Å². The van der Waals surface area contributed by atoms with E-state index in [4.69, 9.17) is 5.73 Å². The molecule has 0 aromatic heterocycles. The predicted molar refractivity (Wildman–Crippen MR) is 65.2 cm³/mol. The number of rotatable bonds is 3. The van der Waals surface area contributed by atoms with Gasteiger partial charge in [-0.3, -0.25) is 4.90 Å². The Labute approximate surface area is 103 Å². The molecule has 2 atom stereocenters. The Kier molecular flexibility index (Phi) is 4.36. The average molecular weight is 246 g/mol. The Morgan fingerprint density at radius 2 is 2.00 bits per heavy atom. The summed E-state index contributed by atoms with van der Waals surface area (Å²) in [4.78, 5) is 2.37. The number of halogens is 2. The van der Waals surface area contributed by atoms with Crippen LogP contribution >= 0.6 is 0 Å². The maximum Gasteiger partial charge on any atom is 0.248 e. The molecule has 1 aliphatic heterocycles. The first-order valence-corrected chi connectivity index (χ1v) is 6.93. The molecule has 0 aromatic rings. The van der Waals surface area contributed by atoms with Crippen LogP contribution < -0.4 is 5.73 Å². The van der Waals surface area contributed by atoms with Crippen LogP contribution in [0.15, 0.2) is 0 Å². The molecule has 0 bridgehead atoms. The summed E-state index contributed by atoms with van der Waals surface area (Å²) < 4.78 is 26.3. The number of hydrogen-bond acceptors (Lipinski definition) is 2. The SMILES string of the molecule is NCC1CCCCCN1CC1CCC(F)(F)C1. The van der Waals surface area contributed by atoms with Crippen molar-refractivity contribution in [1.82, 2.24) is 4.90 Å². The predicted octanol–water partition coefficient (Wildman–Crippen LogP) is 2.63. The number of nitrogens with zero attached hydrogens (tertiary/aromatic N) is 1. The van der Waals surface area contributed by atoms with E-state index in [1.165, 1.54) is 19.3 Å². The second-order valence-corrected chi connectivity index (χ2v) is 5.70. The van der Waals surface area contributed by atoms with Gasteiger partial charge in [0.2, 0.25) is 5.92 Å². The fourth-order valence-electron chi connectivity index (χ4n) is 3.27. The Morgan fingerprint density at radius 1 is 1.18 bits per heavy atom. The fraction of sp³-hybridized carbons (Fsp3) is 1.00. The molecule has 100 valence electrons. The lowest BCUT2D eigenvalue weighted by Crippen LogP contribution is -2.42. The Hall–Kier alpha value is -0.220. The third-order valence-corrected chi connectivity index (χ3v) is 4.27. The highest BCUT2D eigenvalue weighted by atomic mass is 19.3. The molecule has 0 aromatic carbocycles. The molecule has 0 radical (unpaired) electrons. The molecule has 1 aliphatic carbocycles. The van der Waals surface area contributed by atoms with Crippen LogP contribution in [0.4, 0.5) is 8.78 Å². The normalized spacial score (nSPS) is 34.8. The first-order chi connectivity index (χ1) is 8.11. The van der Waals surface area contributed by atoms with Gasteiger partial charge in [-0.2, -0.15) is 0 Å². The summed E-state index contributed by atoms with van der Waals surface area (Å²) in [7, 11) is 0. The van der Waals surface area contributed by atoms with Gasteiger partial charge in [0.05, 0.1) is 0 Å². The molecule has 1 saturated carbocycles. The first kappa shape index (κ1) is 13.2. The van der Waals surface area contributed by atoms with Crippen LogP contribution in [0.5, 0.6) is 0 Å². The van der Waals surface area contributed by atoms with Gasteiger partial charge in [0.15, 0.2) is 0 Å². The minimum absolute atomic E-state index is 0.0821. The molecule has 2 aliphatic rings. The van der Waals surface area contributed by atoms with Gasteiger partial charge in [-0.15, -0.1) is 0 Å². The average Bonchev–Trinajstić information content (AvgIpc) is 2.50. The van der Waals surface area contributed by atoms with Crippen LogP contribution in [0.25, 0.3) is 0 Å². The molecule has 0 spiro atoms. The van der Waals surface area contributed by atoms with Crippen molar-refractivity contribution in [2.75, 3.05) is 19.6 Å². The van der Waals surface area contributed by atoms with Crippen molar-refractivity contribution in [2.45, 2.75) is 56.9 Å².